The van der Waals surface area contributed by atoms with Gasteiger partial charge in [-0.25, -0.2) is 9.97 Å². The number of ether oxygens (including phenoxy) is 4. The van der Waals surface area contributed by atoms with Gasteiger partial charge < -0.3 is 49.6 Å². The molecule has 0 aliphatic carbocycles. The molecular weight excluding hydrogens is 942 g/mol. The highest BCUT2D eigenvalue weighted by atomic mass is 35.5. The second-order valence-corrected chi connectivity index (χ2v) is 18.7. The monoisotopic (exact) mass is 1000 g/mol. The molecule has 2 aromatic heterocycles. The summed E-state index contributed by atoms with van der Waals surface area (Å²) in [5.74, 6) is 0.228. The summed E-state index contributed by atoms with van der Waals surface area (Å²) in [5, 5.41) is 11.4. The fourth-order valence-electron chi connectivity index (χ4n) is 8.55. The highest BCUT2D eigenvalue weighted by molar-refractivity contribution is 7.16. The van der Waals surface area contributed by atoms with Crippen molar-refractivity contribution >= 4 is 75.6 Å². The summed E-state index contributed by atoms with van der Waals surface area (Å²) in [7, 11) is 3.30. The first-order valence-electron chi connectivity index (χ1n) is 23.6. The van der Waals surface area contributed by atoms with Crippen molar-refractivity contribution in [1.82, 2.24) is 30.8 Å². The van der Waals surface area contributed by atoms with E-state index >= 15 is 0 Å². The normalized spacial score (nSPS) is 16.6. The lowest BCUT2D eigenvalue weighted by atomic mass is 10.0. The number of thiophene rings is 1. The topological polar surface area (TPSA) is 223 Å². The molecule has 0 bridgehead atoms. The number of hydrogen-bond acceptors (Lipinski definition) is 15. The zero-order valence-corrected chi connectivity index (χ0v) is 41.3. The molecule has 7 rings (SSSR count). The minimum absolute atomic E-state index is 0.0150. The number of imide groups is 1. The van der Waals surface area contributed by atoms with Crippen LogP contribution >= 0.6 is 22.9 Å². The third-order valence-electron chi connectivity index (χ3n) is 12.2. The molecule has 0 radical (unpaired) electrons. The van der Waals surface area contributed by atoms with E-state index in [1.54, 1.807) is 55.6 Å². The zero-order valence-electron chi connectivity index (χ0n) is 39.7. The third kappa shape index (κ3) is 13.2. The molecule has 1 fully saturated rings. The number of nitrogens with zero attached hydrogens (tertiary/aromatic N) is 5. The van der Waals surface area contributed by atoms with E-state index in [0.29, 0.717) is 135 Å². The highest BCUT2D eigenvalue weighted by Crippen LogP contribution is 2.37. The molecule has 0 spiro atoms. The Kier molecular flexibility index (Phi) is 18.6. The van der Waals surface area contributed by atoms with Crippen molar-refractivity contribution in [2.24, 2.45) is 0 Å². The molecule has 5 heterocycles. The quantitative estimate of drug-likeness (QED) is 0.0503. The molecule has 2 atom stereocenters. The van der Waals surface area contributed by atoms with Gasteiger partial charge in [0.1, 0.15) is 29.3 Å². The molecule has 19 nitrogen and oxygen atoms in total. The van der Waals surface area contributed by atoms with Crippen LogP contribution in [0.5, 0.6) is 5.75 Å². The van der Waals surface area contributed by atoms with E-state index < -0.39 is 11.9 Å². The number of piperidine rings is 1. The van der Waals surface area contributed by atoms with Gasteiger partial charge in [0.2, 0.25) is 23.6 Å². The van der Waals surface area contributed by atoms with Crippen LogP contribution in [0.2, 0.25) is 4.34 Å². The zero-order chi connectivity index (χ0) is 49.6. The van der Waals surface area contributed by atoms with Gasteiger partial charge in [-0.1, -0.05) is 30.7 Å². The number of benzene rings is 2. The number of anilines is 3. The first kappa shape index (κ1) is 51.8. The second kappa shape index (κ2) is 25.2. The van der Waals surface area contributed by atoms with Crippen LogP contribution < -0.4 is 35.8 Å². The number of rotatable bonds is 26. The molecule has 3 aliphatic rings. The van der Waals surface area contributed by atoms with Crippen molar-refractivity contribution in [2.75, 3.05) is 88.5 Å². The first-order valence-corrected chi connectivity index (χ1v) is 24.7. The second-order valence-electron chi connectivity index (χ2n) is 16.9. The molecule has 374 valence electrons. The van der Waals surface area contributed by atoms with Gasteiger partial charge in [0, 0.05) is 78.8 Å². The Morgan fingerprint density at radius 1 is 0.943 bits per heavy atom. The fourth-order valence-corrected chi connectivity index (χ4v) is 9.63. The van der Waals surface area contributed by atoms with Crippen LogP contribution in [0, 0.1) is 0 Å². The van der Waals surface area contributed by atoms with Crippen LogP contribution in [0.15, 0.2) is 54.7 Å². The molecule has 3 aliphatic heterocycles. The largest absolute Gasteiger partial charge is 0.496 e. The van der Waals surface area contributed by atoms with Gasteiger partial charge in [-0.15, -0.1) is 11.3 Å². The molecule has 2 aromatic carbocycles. The minimum Gasteiger partial charge on any atom is -0.496 e. The number of carbonyl (C=O) groups is 6. The number of hydrogen-bond donors (Lipinski definition) is 4. The lowest BCUT2D eigenvalue weighted by Gasteiger charge is -2.40. The van der Waals surface area contributed by atoms with Crippen LogP contribution in [-0.4, -0.2) is 136 Å². The maximum atomic E-state index is 13.3. The van der Waals surface area contributed by atoms with Crippen LogP contribution in [0.1, 0.15) is 88.0 Å². The number of amides is 6. The molecule has 4 aromatic rings. The highest BCUT2D eigenvalue weighted by Gasteiger charge is 2.40. The number of fused-ring (bicyclic) bond motifs is 2. The Hall–Kier alpha value is -6.03. The molecule has 70 heavy (non-hydrogen) atoms. The lowest BCUT2D eigenvalue weighted by molar-refractivity contribution is -0.137. The van der Waals surface area contributed by atoms with Gasteiger partial charge in [-0.2, -0.15) is 0 Å². The van der Waals surface area contributed by atoms with Gasteiger partial charge >= 0.3 is 0 Å². The van der Waals surface area contributed by atoms with Gasteiger partial charge in [-0.05, 0) is 68.6 Å². The van der Waals surface area contributed by atoms with Gasteiger partial charge in [-0.3, -0.25) is 34.1 Å². The average molecular weight is 1000 g/mol. The molecular formula is C49H60ClN9O10S. The van der Waals surface area contributed by atoms with Gasteiger partial charge in [0.05, 0.1) is 63.8 Å². The van der Waals surface area contributed by atoms with E-state index in [-0.39, 0.29) is 55.0 Å². The SMILES string of the molecule is CC[C@@H]1C(=O)N(C)c2cnc(Cc3ccc(C(=O)NCCOCCOCCOCCNCCCCC(=O)Nc4cccc5c4CN(C4CCC(=O)NC4=O)C5=O)cc3OC)nc2N1Cc1ccc(Cl)s1. The smallest absolute Gasteiger partial charge is 0.255 e. The van der Waals surface area contributed by atoms with E-state index in [9.17, 15) is 28.8 Å². The number of unbranched alkanes of at least 4 members (excludes halogenated alkanes) is 1. The van der Waals surface area contributed by atoms with Crippen molar-refractivity contribution in [3.05, 3.63) is 92.0 Å². The summed E-state index contributed by atoms with van der Waals surface area (Å²) in [6.45, 7) is 6.80. The van der Waals surface area contributed by atoms with Crippen LogP contribution in [0.4, 0.5) is 17.2 Å². The Bertz CT molecular complexity index is 2530. The van der Waals surface area contributed by atoms with E-state index in [1.807, 2.05) is 30.0 Å². The Balaban J connectivity index is 0.711. The summed E-state index contributed by atoms with van der Waals surface area (Å²) >= 11 is 7.70. The molecule has 4 N–H and O–H groups in total. The molecule has 21 heteroatoms. The number of likely N-dealkylation sites (N-methyl/N-ethyl adjacent to an activating group) is 1. The van der Waals surface area contributed by atoms with Gasteiger partial charge in [0.15, 0.2) is 5.82 Å². The minimum atomic E-state index is -0.715. The maximum absolute atomic E-state index is 13.3. The van der Waals surface area contributed by atoms with Crippen LogP contribution in [0.25, 0.3) is 0 Å². The summed E-state index contributed by atoms with van der Waals surface area (Å²) < 4.78 is 23.2. The molecule has 6 amide bonds. The van der Waals surface area contributed by atoms with Gasteiger partial charge in [0.25, 0.3) is 11.8 Å². The van der Waals surface area contributed by atoms with E-state index in [2.05, 4.69) is 26.3 Å². The predicted octanol–water partition coefficient (Wildman–Crippen LogP) is 4.49. The number of carbonyl (C=O) groups excluding carboxylic acids is 6. The summed E-state index contributed by atoms with van der Waals surface area (Å²) in [6.07, 6.45) is 4.88. The Morgan fingerprint density at radius 2 is 1.71 bits per heavy atom. The first-order chi connectivity index (χ1) is 33.9. The number of halogens is 1. The van der Waals surface area contributed by atoms with Crippen molar-refractivity contribution in [3.63, 3.8) is 0 Å². The molecule has 0 saturated carbocycles. The summed E-state index contributed by atoms with van der Waals surface area (Å²) in [4.78, 5) is 91.7. The van der Waals surface area contributed by atoms with E-state index in [1.165, 1.54) is 16.2 Å². The molecule has 1 saturated heterocycles. The number of aromatic nitrogens is 2. The van der Waals surface area contributed by atoms with E-state index in [4.69, 9.17) is 35.5 Å². The maximum Gasteiger partial charge on any atom is 0.255 e. The van der Waals surface area contributed by atoms with Crippen LogP contribution in [0.3, 0.4) is 0 Å². The third-order valence-corrected chi connectivity index (χ3v) is 13.4. The van der Waals surface area contributed by atoms with Crippen molar-refractivity contribution in [1.29, 1.82) is 0 Å². The fraction of sp³-hybridized carbons (Fsp3) is 0.469. The Morgan fingerprint density at radius 3 is 2.44 bits per heavy atom. The van der Waals surface area contributed by atoms with Crippen LogP contribution in [-0.2, 0) is 52.9 Å². The van der Waals surface area contributed by atoms with E-state index in [0.717, 1.165) is 23.4 Å². The standard InChI is InChI=1S/C49H60ClN9O10S/c1-4-37-49(65)57(2)39-28-53-42(55-45(39)58(37)29-33-13-15-41(50)70-33)27-31-11-12-32(26-40(31)66-3)46(62)52-19-21-68-23-25-69-24-22-67-20-18-51-17-6-5-10-43(60)54-36-9-7-8-34-35(36)30-59(48(34)64)38-14-16-44(61)56-47(38)63/h7-9,11-13,15,26,28,37-38,51H,4-6,10,14,16-25,27,29-30H2,1-3H3,(H,52,62)(H,54,60)(H,56,61,63)/t37-,38?/m1/s1. The predicted molar refractivity (Wildman–Crippen MR) is 263 cm³/mol. The number of methoxy groups -OCH3 is 1. The summed E-state index contributed by atoms with van der Waals surface area (Å²) in [5.41, 5.74) is 3.56. The average Bonchev–Trinajstić information content (AvgIpc) is 3.93. The Labute approximate surface area is 415 Å². The summed E-state index contributed by atoms with van der Waals surface area (Å²) in [6, 6.07) is 13.1. The molecule has 1 unspecified atom stereocenters. The van der Waals surface area contributed by atoms with Crippen molar-refractivity contribution in [3.8, 4) is 5.75 Å². The van der Waals surface area contributed by atoms with Crippen molar-refractivity contribution < 1.29 is 47.7 Å². The van der Waals surface area contributed by atoms with Crippen molar-refractivity contribution in [2.45, 2.75) is 77.0 Å². The number of nitrogens with one attached hydrogen (secondary N) is 4. The lowest BCUT2D eigenvalue weighted by Crippen LogP contribution is -2.52.